The zero-order valence-electron chi connectivity index (χ0n) is 12.2. The Labute approximate surface area is 124 Å². The van der Waals surface area contributed by atoms with Crippen molar-refractivity contribution in [3.05, 3.63) is 65.4 Å². The Morgan fingerprint density at radius 1 is 1.14 bits per heavy atom. The van der Waals surface area contributed by atoms with Crippen molar-refractivity contribution in [1.29, 1.82) is 0 Å². The van der Waals surface area contributed by atoms with Crippen LogP contribution in [0.15, 0.2) is 48.5 Å². The van der Waals surface area contributed by atoms with Gasteiger partial charge in [-0.3, -0.25) is 4.68 Å². The van der Waals surface area contributed by atoms with E-state index >= 15 is 0 Å². The monoisotopic (exact) mass is 277 g/mol. The lowest BCUT2D eigenvalue weighted by atomic mass is 9.91. The molecule has 1 aliphatic heterocycles. The fourth-order valence-corrected chi connectivity index (χ4v) is 3.41. The van der Waals surface area contributed by atoms with Crippen molar-refractivity contribution in [3.8, 4) is 0 Å². The Hall–Kier alpha value is -2.13. The summed E-state index contributed by atoms with van der Waals surface area (Å²) < 4.78 is 1.99. The molecule has 106 valence electrons. The van der Waals surface area contributed by atoms with Gasteiger partial charge in [0.2, 0.25) is 0 Å². The number of hydrogen-bond acceptors (Lipinski definition) is 2. The van der Waals surface area contributed by atoms with E-state index in [1.807, 2.05) is 11.7 Å². The van der Waals surface area contributed by atoms with Gasteiger partial charge in [-0.05, 0) is 30.2 Å². The first-order chi connectivity index (χ1) is 10.3. The molecule has 0 saturated heterocycles. The van der Waals surface area contributed by atoms with Gasteiger partial charge >= 0.3 is 0 Å². The third-order valence-electron chi connectivity index (χ3n) is 4.45. The van der Waals surface area contributed by atoms with Crippen LogP contribution in [0.2, 0.25) is 0 Å². The van der Waals surface area contributed by atoms with Crippen molar-refractivity contribution in [2.75, 3.05) is 6.54 Å². The quantitative estimate of drug-likeness (QED) is 0.780. The molecule has 0 bridgehead atoms. The average molecular weight is 277 g/mol. The molecule has 1 aromatic heterocycles. The van der Waals surface area contributed by atoms with Crippen LogP contribution < -0.4 is 5.32 Å². The van der Waals surface area contributed by atoms with E-state index in [0.29, 0.717) is 6.04 Å². The summed E-state index contributed by atoms with van der Waals surface area (Å²) in [4.78, 5) is 0. The van der Waals surface area contributed by atoms with E-state index in [2.05, 4.69) is 53.8 Å². The molecule has 3 heteroatoms. The molecular weight excluding hydrogens is 258 g/mol. The highest BCUT2D eigenvalue weighted by atomic mass is 15.3. The maximum atomic E-state index is 4.73. The van der Waals surface area contributed by atoms with E-state index in [4.69, 9.17) is 5.10 Å². The highest BCUT2D eigenvalue weighted by Gasteiger charge is 2.21. The van der Waals surface area contributed by atoms with Crippen LogP contribution in [0.25, 0.3) is 10.9 Å². The summed E-state index contributed by atoms with van der Waals surface area (Å²) in [7, 11) is 2.02. The first-order valence-corrected chi connectivity index (χ1v) is 7.55. The molecule has 0 fully saturated rings. The number of aromatic nitrogens is 2. The van der Waals surface area contributed by atoms with Crippen LogP contribution in [-0.4, -0.2) is 16.3 Å². The molecule has 0 spiro atoms. The molecule has 1 N–H and O–H groups in total. The van der Waals surface area contributed by atoms with Gasteiger partial charge in [0.1, 0.15) is 0 Å². The fourth-order valence-electron chi connectivity index (χ4n) is 3.41. The molecule has 3 nitrogen and oxygen atoms in total. The Kier molecular flexibility index (Phi) is 3.00. The smallest absolute Gasteiger partial charge is 0.0722 e. The van der Waals surface area contributed by atoms with E-state index in [-0.39, 0.29) is 0 Å². The molecule has 1 unspecified atom stereocenters. The Balaban J connectivity index is 1.73. The predicted octanol–water partition coefficient (Wildman–Crippen LogP) is 3.00. The SMILES string of the molecule is Cn1nc(CC2NCCc3ccccc32)c2ccccc21. The van der Waals surface area contributed by atoms with Crippen LogP contribution in [0.5, 0.6) is 0 Å². The Morgan fingerprint density at radius 2 is 1.95 bits per heavy atom. The van der Waals surface area contributed by atoms with Crippen LogP contribution in [-0.2, 0) is 19.9 Å². The summed E-state index contributed by atoms with van der Waals surface area (Å²) in [5.74, 6) is 0. The largest absolute Gasteiger partial charge is 0.309 e. The molecule has 0 radical (unpaired) electrons. The first kappa shape index (κ1) is 12.6. The highest BCUT2D eigenvalue weighted by molar-refractivity contribution is 5.81. The van der Waals surface area contributed by atoms with Gasteiger partial charge in [0, 0.05) is 24.9 Å². The van der Waals surface area contributed by atoms with Gasteiger partial charge < -0.3 is 5.32 Å². The van der Waals surface area contributed by atoms with E-state index in [1.165, 1.54) is 27.7 Å². The number of nitrogens with one attached hydrogen (secondary N) is 1. The van der Waals surface area contributed by atoms with E-state index in [1.54, 1.807) is 0 Å². The van der Waals surface area contributed by atoms with Gasteiger partial charge in [-0.2, -0.15) is 5.10 Å². The minimum atomic E-state index is 0.369. The van der Waals surface area contributed by atoms with Crippen molar-refractivity contribution < 1.29 is 0 Å². The second-order valence-electron chi connectivity index (χ2n) is 5.75. The van der Waals surface area contributed by atoms with Crippen LogP contribution in [0.1, 0.15) is 22.9 Å². The summed E-state index contributed by atoms with van der Waals surface area (Å²) in [5.41, 5.74) is 5.29. The van der Waals surface area contributed by atoms with Gasteiger partial charge in [0.25, 0.3) is 0 Å². The minimum Gasteiger partial charge on any atom is -0.309 e. The van der Waals surface area contributed by atoms with E-state index < -0.39 is 0 Å². The maximum absolute atomic E-state index is 4.73. The first-order valence-electron chi connectivity index (χ1n) is 7.55. The number of para-hydroxylation sites is 1. The summed E-state index contributed by atoms with van der Waals surface area (Å²) in [6.07, 6.45) is 2.06. The Bertz CT molecular complexity index is 788. The van der Waals surface area contributed by atoms with Crippen molar-refractivity contribution in [1.82, 2.24) is 15.1 Å². The highest BCUT2D eigenvalue weighted by Crippen LogP contribution is 2.28. The third-order valence-corrected chi connectivity index (χ3v) is 4.45. The topological polar surface area (TPSA) is 29.9 Å². The normalized spacial score (nSPS) is 17.9. The van der Waals surface area contributed by atoms with E-state index in [0.717, 1.165) is 19.4 Å². The molecule has 4 rings (SSSR count). The fraction of sp³-hybridized carbons (Fsp3) is 0.278. The predicted molar refractivity (Wildman–Crippen MR) is 85.3 cm³/mol. The van der Waals surface area contributed by atoms with Gasteiger partial charge in [0.05, 0.1) is 11.2 Å². The molecule has 21 heavy (non-hydrogen) atoms. The molecule has 1 aliphatic rings. The summed E-state index contributed by atoms with van der Waals surface area (Å²) >= 11 is 0. The van der Waals surface area contributed by atoms with Crippen molar-refractivity contribution in [3.63, 3.8) is 0 Å². The van der Waals surface area contributed by atoms with E-state index in [9.17, 15) is 0 Å². The lowest BCUT2D eigenvalue weighted by Gasteiger charge is -2.26. The maximum Gasteiger partial charge on any atom is 0.0722 e. The molecule has 0 aliphatic carbocycles. The van der Waals surface area contributed by atoms with Crippen LogP contribution in [0.4, 0.5) is 0 Å². The van der Waals surface area contributed by atoms with Crippen LogP contribution in [0.3, 0.4) is 0 Å². The van der Waals surface area contributed by atoms with Gasteiger partial charge in [-0.1, -0.05) is 42.5 Å². The zero-order valence-corrected chi connectivity index (χ0v) is 12.2. The second-order valence-corrected chi connectivity index (χ2v) is 5.75. The Morgan fingerprint density at radius 3 is 2.90 bits per heavy atom. The number of rotatable bonds is 2. The number of benzene rings is 2. The van der Waals surface area contributed by atoms with Gasteiger partial charge in [-0.15, -0.1) is 0 Å². The second kappa shape index (κ2) is 5.01. The number of fused-ring (bicyclic) bond motifs is 2. The molecule has 3 aromatic rings. The summed E-state index contributed by atoms with van der Waals surface area (Å²) in [5, 5.41) is 9.65. The lowest BCUT2D eigenvalue weighted by molar-refractivity contribution is 0.497. The standard InChI is InChI=1S/C18H19N3/c1-21-18-9-5-4-8-15(18)17(20-21)12-16-14-7-3-2-6-13(14)10-11-19-16/h2-9,16,19H,10-12H2,1H3. The molecule has 2 aromatic carbocycles. The molecule has 0 saturated carbocycles. The van der Waals surface area contributed by atoms with Crippen LogP contribution in [0, 0.1) is 0 Å². The van der Waals surface area contributed by atoms with Crippen molar-refractivity contribution >= 4 is 10.9 Å². The molecule has 2 heterocycles. The number of nitrogens with zero attached hydrogens (tertiary/aromatic N) is 2. The summed E-state index contributed by atoms with van der Waals surface area (Å²) in [6, 6.07) is 17.6. The minimum absolute atomic E-state index is 0.369. The molecule has 0 amide bonds. The average Bonchev–Trinajstić information content (AvgIpc) is 2.85. The number of hydrogen-bond donors (Lipinski definition) is 1. The van der Waals surface area contributed by atoms with Crippen molar-refractivity contribution in [2.24, 2.45) is 7.05 Å². The number of aryl methyl sites for hydroxylation is 1. The third kappa shape index (κ3) is 2.14. The zero-order chi connectivity index (χ0) is 14.2. The van der Waals surface area contributed by atoms with Crippen LogP contribution >= 0.6 is 0 Å². The lowest BCUT2D eigenvalue weighted by Crippen LogP contribution is -2.31. The summed E-state index contributed by atoms with van der Waals surface area (Å²) in [6.45, 7) is 1.05. The molecular formula is C18H19N3. The van der Waals surface area contributed by atoms with Gasteiger partial charge in [0.15, 0.2) is 0 Å². The van der Waals surface area contributed by atoms with Crippen molar-refractivity contribution in [2.45, 2.75) is 18.9 Å². The molecule has 1 atom stereocenters. The van der Waals surface area contributed by atoms with Gasteiger partial charge in [-0.25, -0.2) is 0 Å².